The predicted molar refractivity (Wildman–Crippen MR) is 81.5 cm³/mol. The van der Waals surface area contributed by atoms with E-state index in [0.29, 0.717) is 0 Å². The van der Waals surface area contributed by atoms with Gasteiger partial charge < -0.3 is 9.73 Å². The number of nitrogens with one attached hydrogen (secondary N) is 1. The van der Waals surface area contributed by atoms with Crippen molar-refractivity contribution in [1.29, 1.82) is 0 Å². The number of rotatable bonds is 4. The van der Waals surface area contributed by atoms with Gasteiger partial charge >= 0.3 is 0 Å². The Morgan fingerprint density at radius 3 is 2.75 bits per heavy atom. The Kier molecular flexibility index (Phi) is 2.82. The summed E-state index contributed by atoms with van der Waals surface area (Å²) in [5.41, 5.74) is 3.41. The maximum atomic E-state index is 5.93. The lowest BCUT2D eigenvalue weighted by Crippen LogP contribution is -2.15. The third kappa shape index (κ3) is 2.35. The Morgan fingerprint density at radius 1 is 1.00 bits per heavy atom. The summed E-state index contributed by atoms with van der Waals surface area (Å²) in [5.74, 6) is 0.944. The minimum absolute atomic E-state index is 0.741. The van der Waals surface area contributed by atoms with Crippen molar-refractivity contribution >= 4 is 11.0 Å². The molecule has 2 heteroatoms. The van der Waals surface area contributed by atoms with Crippen LogP contribution in [0.2, 0.25) is 0 Å². The molecular weight excluding hydrogens is 246 g/mol. The number of hydrogen-bond acceptors (Lipinski definition) is 2. The zero-order valence-electron chi connectivity index (χ0n) is 11.3. The Labute approximate surface area is 118 Å². The Bertz CT molecular complexity index is 707. The van der Waals surface area contributed by atoms with Gasteiger partial charge in [-0.2, -0.15) is 0 Å². The molecule has 0 bridgehead atoms. The number of hydrogen-bond donors (Lipinski definition) is 1. The van der Waals surface area contributed by atoms with Crippen LogP contribution in [0.4, 0.5) is 0 Å². The summed E-state index contributed by atoms with van der Waals surface area (Å²) in [5, 5.41) is 4.70. The van der Waals surface area contributed by atoms with E-state index in [-0.39, 0.29) is 0 Å². The van der Waals surface area contributed by atoms with E-state index in [0.717, 1.165) is 34.9 Å². The first kappa shape index (κ1) is 11.7. The first-order valence-corrected chi connectivity index (χ1v) is 7.20. The summed E-state index contributed by atoms with van der Waals surface area (Å²) in [6.07, 6.45) is 2.65. The van der Waals surface area contributed by atoms with Crippen LogP contribution in [0.3, 0.4) is 0 Å². The molecule has 1 aliphatic rings. The first-order chi connectivity index (χ1) is 9.88. The second-order valence-electron chi connectivity index (χ2n) is 5.50. The quantitative estimate of drug-likeness (QED) is 0.757. The third-order valence-electron chi connectivity index (χ3n) is 3.81. The van der Waals surface area contributed by atoms with Gasteiger partial charge in [-0.1, -0.05) is 36.4 Å². The molecule has 0 radical (unpaired) electrons. The fourth-order valence-corrected chi connectivity index (χ4v) is 2.51. The van der Waals surface area contributed by atoms with E-state index in [1.54, 1.807) is 0 Å². The van der Waals surface area contributed by atoms with Crippen LogP contribution in [-0.2, 0) is 6.54 Å². The van der Waals surface area contributed by atoms with Crippen LogP contribution in [0.15, 0.2) is 59.0 Å². The molecule has 2 nitrogen and oxygen atoms in total. The summed E-state index contributed by atoms with van der Waals surface area (Å²) < 4.78 is 5.93. The van der Waals surface area contributed by atoms with Gasteiger partial charge in [-0.3, -0.25) is 0 Å². The van der Waals surface area contributed by atoms with E-state index in [1.165, 1.54) is 18.4 Å². The van der Waals surface area contributed by atoms with Gasteiger partial charge in [0.05, 0.1) is 0 Å². The highest BCUT2D eigenvalue weighted by molar-refractivity contribution is 5.82. The molecule has 0 aliphatic heterocycles. The van der Waals surface area contributed by atoms with Crippen molar-refractivity contribution in [3.8, 4) is 11.3 Å². The number of para-hydroxylation sites is 1. The van der Waals surface area contributed by atoms with Crippen molar-refractivity contribution < 1.29 is 4.42 Å². The zero-order valence-corrected chi connectivity index (χ0v) is 11.3. The molecule has 0 unspecified atom stereocenters. The van der Waals surface area contributed by atoms with Gasteiger partial charge in [-0.05, 0) is 36.6 Å². The first-order valence-electron chi connectivity index (χ1n) is 7.20. The highest BCUT2D eigenvalue weighted by Crippen LogP contribution is 2.28. The van der Waals surface area contributed by atoms with Crippen molar-refractivity contribution in [1.82, 2.24) is 5.32 Å². The second-order valence-corrected chi connectivity index (χ2v) is 5.50. The van der Waals surface area contributed by atoms with Gasteiger partial charge in [0.1, 0.15) is 11.3 Å². The van der Waals surface area contributed by atoms with Crippen LogP contribution >= 0.6 is 0 Å². The summed E-state index contributed by atoms with van der Waals surface area (Å²) in [6.45, 7) is 0.943. The molecule has 1 aliphatic carbocycles. The molecule has 0 spiro atoms. The molecule has 1 saturated carbocycles. The summed E-state index contributed by atoms with van der Waals surface area (Å²) >= 11 is 0. The lowest BCUT2D eigenvalue weighted by Gasteiger charge is -2.04. The van der Waals surface area contributed by atoms with Crippen LogP contribution in [0, 0.1) is 0 Å². The average molecular weight is 263 g/mol. The van der Waals surface area contributed by atoms with Gasteiger partial charge in [0, 0.05) is 23.5 Å². The van der Waals surface area contributed by atoms with Crippen molar-refractivity contribution in [2.24, 2.45) is 0 Å². The van der Waals surface area contributed by atoms with Crippen LogP contribution in [0.5, 0.6) is 0 Å². The molecule has 100 valence electrons. The van der Waals surface area contributed by atoms with E-state index < -0.39 is 0 Å². The molecule has 0 saturated heterocycles. The van der Waals surface area contributed by atoms with Gasteiger partial charge in [0.2, 0.25) is 0 Å². The van der Waals surface area contributed by atoms with Crippen LogP contribution < -0.4 is 5.32 Å². The molecule has 0 amide bonds. The summed E-state index contributed by atoms with van der Waals surface area (Å²) in [4.78, 5) is 0. The molecule has 1 fully saturated rings. The number of furan rings is 1. The average Bonchev–Trinajstić information content (AvgIpc) is 3.22. The van der Waals surface area contributed by atoms with E-state index >= 15 is 0 Å². The predicted octanol–water partition coefficient (Wildman–Crippen LogP) is 4.35. The largest absolute Gasteiger partial charge is 0.456 e. The maximum absolute atomic E-state index is 5.93. The third-order valence-corrected chi connectivity index (χ3v) is 3.81. The second kappa shape index (κ2) is 4.80. The number of fused-ring (bicyclic) bond motifs is 1. The molecule has 0 atom stereocenters. The maximum Gasteiger partial charge on any atom is 0.135 e. The number of benzene rings is 2. The van der Waals surface area contributed by atoms with Crippen molar-refractivity contribution in [2.45, 2.75) is 25.4 Å². The van der Waals surface area contributed by atoms with E-state index in [1.807, 2.05) is 18.2 Å². The summed E-state index contributed by atoms with van der Waals surface area (Å²) in [6, 6.07) is 19.6. The van der Waals surface area contributed by atoms with E-state index in [9.17, 15) is 0 Å². The summed E-state index contributed by atoms with van der Waals surface area (Å²) in [7, 11) is 0. The van der Waals surface area contributed by atoms with Crippen LogP contribution in [-0.4, -0.2) is 6.04 Å². The van der Waals surface area contributed by atoms with Crippen molar-refractivity contribution in [3.63, 3.8) is 0 Å². The van der Waals surface area contributed by atoms with Crippen molar-refractivity contribution in [3.05, 3.63) is 60.2 Å². The lowest BCUT2D eigenvalue weighted by molar-refractivity contribution is 0.631. The van der Waals surface area contributed by atoms with E-state index in [4.69, 9.17) is 4.42 Å². The molecule has 4 rings (SSSR count). The van der Waals surface area contributed by atoms with Gasteiger partial charge in [-0.25, -0.2) is 0 Å². The normalized spacial score (nSPS) is 14.8. The Balaban J connectivity index is 1.64. The van der Waals surface area contributed by atoms with Crippen LogP contribution in [0.25, 0.3) is 22.3 Å². The molecule has 2 aromatic carbocycles. The Morgan fingerprint density at radius 2 is 1.90 bits per heavy atom. The fourth-order valence-electron chi connectivity index (χ4n) is 2.51. The fraction of sp³-hybridized carbons (Fsp3) is 0.222. The van der Waals surface area contributed by atoms with Crippen LogP contribution in [0.1, 0.15) is 18.4 Å². The Hall–Kier alpha value is -2.06. The topological polar surface area (TPSA) is 25.2 Å². The van der Waals surface area contributed by atoms with Crippen molar-refractivity contribution in [2.75, 3.05) is 0 Å². The zero-order chi connectivity index (χ0) is 13.4. The van der Waals surface area contributed by atoms with Gasteiger partial charge in [0.25, 0.3) is 0 Å². The molecule has 1 aromatic heterocycles. The molecule has 20 heavy (non-hydrogen) atoms. The minimum atomic E-state index is 0.741. The minimum Gasteiger partial charge on any atom is -0.456 e. The van der Waals surface area contributed by atoms with Gasteiger partial charge in [0.15, 0.2) is 0 Å². The standard InChI is InChI=1S/C18H17NO/c1-2-7-17-15(5-1)11-18(20-17)14-6-3-4-13(10-14)12-19-16-8-9-16/h1-7,10-11,16,19H,8-9,12H2. The molecule has 1 N–H and O–H groups in total. The smallest absolute Gasteiger partial charge is 0.135 e. The lowest BCUT2D eigenvalue weighted by atomic mass is 10.1. The molecular formula is C18H17NO. The monoisotopic (exact) mass is 263 g/mol. The molecule has 3 aromatic rings. The van der Waals surface area contributed by atoms with E-state index in [2.05, 4.69) is 41.7 Å². The highest BCUT2D eigenvalue weighted by Gasteiger charge is 2.19. The van der Waals surface area contributed by atoms with Gasteiger partial charge in [-0.15, -0.1) is 0 Å². The SMILES string of the molecule is c1cc(CNC2CC2)cc(-c2cc3ccccc3o2)c1. The molecule has 1 heterocycles. The highest BCUT2D eigenvalue weighted by atomic mass is 16.3.